The van der Waals surface area contributed by atoms with E-state index in [1.54, 1.807) is 0 Å². The van der Waals surface area contributed by atoms with E-state index < -0.39 is 30.1 Å². The predicted octanol–water partition coefficient (Wildman–Crippen LogP) is -0.493. The highest BCUT2D eigenvalue weighted by atomic mass is 16.4. The van der Waals surface area contributed by atoms with Crippen molar-refractivity contribution in [3.8, 4) is 0 Å². The molecule has 1 rings (SSSR count). The molecule has 0 aliphatic heterocycles. The van der Waals surface area contributed by atoms with E-state index in [1.165, 1.54) is 6.92 Å². The first-order valence-electron chi connectivity index (χ1n) is 5.92. The van der Waals surface area contributed by atoms with Gasteiger partial charge in [0.2, 0.25) is 5.91 Å². The van der Waals surface area contributed by atoms with Crippen molar-refractivity contribution in [3.63, 3.8) is 0 Å². The summed E-state index contributed by atoms with van der Waals surface area (Å²) in [5, 5.41) is 20.3. The van der Waals surface area contributed by atoms with Gasteiger partial charge in [-0.2, -0.15) is 0 Å². The number of hydrogen-bond acceptors (Lipinski definition) is 4. The number of carbonyl (C=O) groups excluding carboxylic acids is 1. The SMILES string of the molecule is CC(O)C(NC(=O)[C@@H](N)Cc1ccccc1)C(=O)O. The third kappa shape index (κ3) is 4.69. The number of rotatable bonds is 6. The molecule has 6 nitrogen and oxygen atoms in total. The zero-order chi connectivity index (χ0) is 14.4. The van der Waals surface area contributed by atoms with Crippen LogP contribution in [0.5, 0.6) is 0 Å². The van der Waals surface area contributed by atoms with E-state index in [2.05, 4.69) is 5.32 Å². The van der Waals surface area contributed by atoms with Crippen molar-refractivity contribution in [2.24, 2.45) is 5.73 Å². The molecule has 0 spiro atoms. The van der Waals surface area contributed by atoms with Crippen LogP contribution in [0.25, 0.3) is 0 Å². The molecule has 6 heteroatoms. The number of aliphatic hydroxyl groups excluding tert-OH is 1. The maximum atomic E-state index is 11.8. The summed E-state index contributed by atoms with van der Waals surface area (Å²) in [7, 11) is 0. The van der Waals surface area contributed by atoms with Crippen LogP contribution in [0.15, 0.2) is 30.3 Å². The van der Waals surface area contributed by atoms with Gasteiger partial charge >= 0.3 is 5.97 Å². The van der Waals surface area contributed by atoms with E-state index in [0.29, 0.717) is 6.42 Å². The number of nitrogens with two attached hydrogens (primary N) is 1. The minimum atomic E-state index is -1.35. The fourth-order valence-corrected chi connectivity index (χ4v) is 1.61. The van der Waals surface area contributed by atoms with Gasteiger partial charge in [-0.25, -0.2) is 4.79 Å². The molecule has 5 N–H and O–H groups in total. The Bertz CT molecular complexity index is 434. The summed E-state index contributed by atoms with van der Waals surface area (Å²) in [6.45, 7) is 1.29. The standard InChI is InChI=1S/C13H18N2O4/c1-8(16)11(13(18)19)15-12(17)10(14)7-9-5-3-2-4-6-9/h2-6,8,10-11,16H,7,14H2,1H3,(H,15,17)(H,18,19)/t8?,10-,11?/m0/s1. The van der Waals surface area contributed by atoms with Crippen LogP contribution < -0.4 is 11.1 Å². The molecule has 0 aliphatic rings. The third-order valence-electron chi connectivity index (χ3n) is 2.68. The van der Waals surface area contributed by atoms with E-state index in [-0.39, 0.29) is 0 Å². The zero-order valence-corrected chi connectivity index (χ0v) is 10.6. The molecule has 0 radical (unpaired) electrons. The predicted molar refractivity (Wildman–Crippen MR) is 69.4 cm³/mol. The topological polar surface area (TPSA) is 113 Å². The normalized spacial score (nSPS) is 15.3. The Labute approximate surface area is 111 Å². The molecule has 19 heavy (non-hydrogen) atoms. The molecular weight excluding hydrogens is 248 g/mol. The summed E-state index contributed by atoms with van der Waals surface area (Å²) < 4.78 is 0. The molecule has 0 saturated heterocycles. The molecular formula is C13H18N2O4. The summed E-state index contributed by atoms with van der Waals surface area (Å²) >= 11 is 0. The molecule has 1 aromatic carbocycles. The Morgan fingerprint density at radius 3 is 2.37 bits per heavy atom. The average molecular weight is 266 g/mol. The van der Waals surface area contributed by atoms with Crippen molar-refractivity contribution >= 4 is 11.9 Å². The summed E-state index contributed by atoms with van der Waals surface area (Å²) in [5.74, 6) is -1.90. The van der Waals surface area contributed by atoms with Crippen LogP contribution in [-0.2, 0) is 16.0 Å². The largest absolute Gasteiger partial charge is 0.480 e. The lowest BCUT2D eigenvalue weighted by atomic mass is 10.1. The van der Waals surface area contributed by atoms with Crippen LogP contribution in [0.3, 0.4) is 0 Å². The molecule has 0 fully saturated rings. The Morgan fingerprint density at radius 1 is 1.32 bits per heavy atom. The van der Waals surface area contributed by atoms with Crippen LogP contribution in [0.1, 0.15) is 12.5 Å². The fourth-order valence-electron chi connectivity index (χ4n) is 1.61. The Kier molecular flexibility index (Phi) is 5.47. The number of nitrogens with one attached hydrogen (secondary N) is 1. The Balaban J connectivity index is 2.60. The summed E-state index contributed by atoms with van der Waals surface area (Å²) in [4.78, 5) is 22.6. The summed E-state index contributed by atoms with van der Waals surface area (Å²) in [6, 6.07) is 6.96. The molecule has 0 saturated carbocycles. The zero-order valence-electron chi connectivity index (χ0n) is 10.6. The number of carbonyl (C=O) groups is 2. The van der Waals surface area contributed by atoms with Gasteiger partial charge < -0.3 is 21.3 Å². The Hall–Kier alpha value is -1.92. The van der Waals surface area contributed by atoms with Crippen molar-refractivity contribution in [2.45, 2.75) is 31.5 Å². The monoisotopic (exact) mass is 266 g/mol. The van der Waals surface area contributed by atoms with Crippen LogP contribution >= 0.6 is 0 Å². The lowest BCUT2D eigenvalue weighted by molar-refractivity contribution is -0.144. The third-order valence-corrected chi connectivity index (χ3v) is 2.68. The van der Waals surface area contributed by atoms with Crippen LogP contribution in [0.4, 0.5) is 0 Å². The first-order chi connectivity index (χ1) is 8.91. The first-order valence-corrected chi connectivity index (χ1v) is 5.92. The highest BCUT2D eigenvalue weighted by molar-refractivity contribution is 5.87. The number of benzene rings is 1. The first kappa shape index (κ1) is 15.1. The highest BCUT2D eigenvalue weighted by Gasteiger charge is 2.27. The van der Waals surface area contributed by atoms with E-state index in [0.717, 1.165) is 5.56 Å². The molecule has 0 heterocycles. The molecule has 0 aliphatic carbocycles. The van der Waals surface area contributed by atoms with Gasteiger partial charge in [-0.05, 0) is 18.9 Å². The lowest BCUT2D eigenvalue weighted by Crippen LogP contribution is -2.53. The van der Waals surface area contributed by atoms with Gasteiger partial charge in [-0.15, -0.1) is 0 Å². The Morgan fingerprint density at radius 2 is 1.89 bits per heavy atom. The molecule has 104 valence electrons. The number of carboxylic acids is 1. The van der Waals surface area contributed by atoms with Crippen molar-refractivity contribution in [1.82, 2.24) is 5.32 Å². The minimum Gasteiger partial charge on any atom is -0.480 e. The van der Waals surface area contributed by atoms with Crippen LogP contribution in [0, 0.1) is 0 Å². The molecule has 0 aromatic heterocycles. The van der Waals surface area contributed by atoms with E-state index in [1.807, 2.05) is 30.3 Å². The summed E-state index contributed by atoms with van der Waals surface area (Å²) in [5.41, 5.74) is 6.59. The minimum absolute atomic E-state index is 0.304. The molecule has 3 atom stereocenters. The maximum Gasteiger partial charge on any atom is 0.328 e. The van der Waals surface area contributed by atoms with Crippen LogP contribution in [-0.4, -0.2) is 40.3 Å². The number of amides is 1. The van der Waals surface area contributed by atoms with E-state index in [9.17, 15) is 14.7 Å². The van der Waals surface area contributed by atoms with Crippen molar-refractivity contribution in [2.75, 3.05) is 0 Å². The maximum absolute atomic E-state index is 11.8. The van der Waals surface area contributed by atoms with Gasteiger partial charge in [-0.3, -0.25) is 4.79 Å². The van der Waals surface area contributed by atoms with Crippen molar-refractivity contribution in [1.29, 1.82) is 0 Å². The van der Waals surface area contributed by atoms with Crippen molar-refractivity contribution in [3.05, 3.63) is 35.9 Å². The van der Waals surface area contributed by atoms with Crippen molar-refractivity contribution < 1.29 is 19.8 Å². The number of aliphatic carboxylic acids is 1. The summed E-state index contributed by atoms with van der Waals surface area (Å²) in [6.07, 6.45) is -0.885. The van der Waals surface area contributed by atoms with Gasteiger partial charge in [0, 0.05) is 0 Å². The average Bonchev–Trinajstić information content (AvgIpc) is 2.35. The lowest BCUT2D eigenvalue weighted by Gasteiger charge is -2.19. The van der Waals surface area contributed by atoms with Gasteiger partial charge in [0.1, 0.15) is 0 Å². The number of aliphatic hydroxyl groups is 1. The van der Waals surface area contributed by atoms with Gasteiger partial charge in [0.15, 0.2) is 6.04 Å². The van der Waals surface area contributed by atoms with E-state index >= 15 is 0 Å². The van der Waals surface area contributed by atoms with Gasteiger partial charge in [0.25, 0.3) is 0 Å². The quantitative estimate of drug-likeness (QED) is 0.555. The van der Waals surface area contributed by atoms with Gasteiger partial charge in [-0.1, -0.05) is 30.3 Å². The number of hydrogen-bond donors (Lipinski definition) is 4. The fraction of sp³-hybridized carbons (Fsp3) is 0.385. The molecule has 1 amide bonds. The molecule has 1 aromatic rings. The highest BCUT2D eigenvalue weighted by Crippen LogP contribution is 2.02. The van der Waals surface area contributed by atoms with E-state index in [4.69, 9.17) is 10.8 Å². The second-order valence-electron chi connectivity index (χ2n) is 4.36. The second-order valence-corrected chi connectivity index (χ2v) is 4.36. The van der Waals surface area contributed by atoms with Gasteiger partial charge in [0.05, 0.1) is 12.1 Å². The smallest absolute Gasteiger partial charge is 0.328 e. The molecule has 2 unspecified atom stereocenters. The molecule has 0 bridgehead atoms. The number of carboxylic acid groups (broad SMARTS) is 1. The van der Waals surface area contributed by atoms with Crippen LogP contribution in [0.2, 0.25) is 0 Å². The second kappa shape index (κ2) is 6.86.